The molecule has 0 radical (unpaired) electrons. The molecule has 1 N–H and O–H groups in total. The molecule has 2 aliphatic heterocycles. The Bertz CT molecular complexity index is 532. The summed E-state index contributed by atoms with van der Waals surface area (Å²) >= 11 is 0. The van der Waals surface area contributed by atoms with Crippen LogP contribution in [0.25, 0.3) is 0 Å². The summed E-state index contributed by atoms with van der Waals surface area (Å²) in [6.07, 6.45) is 7.34. The first-order valence-corrected chi connectivity index (χ1v) is 8.32. The van der Waals surface area contributed by atoms with Crippen molar-refractivity contribution in [3.05, 3.63) is 30.1 Å². The van der Waals surface area contributed by atoms with Crippen molar-refractivity contribution in [3.63, 3.8) is 0 Å². The van der Waals surface area contributed by atoms with Crippen LogP contribution in [0.1, 0.15) is 24.8 Å². The summed E-state index contributed by atoms with van der Waals surface area (Å²) in [5.74, 6) is 0.963. The Kier molecular flexibility index (Phi) is 3.84. The SMILES string of the molecule is O=C(NCC1CC1)C1CC2CN(Cc3ccncc3)CC1O2. The van der Waals surface area contributed by atoms with Crippen LogP contribution in [0.4, 0.5) is 0 Å². The van der Waals surface area contributed by atoms with Crippen LogP contribution < -0.4 is 5.32 Å². The van der Waals surface area contributed by atoms with E-state index in [-0.39, 0.29) is 24.0 Å². The van der Waals surface area contributed by atoms with E-state index in [1.165, 1.54) is 18.4 Å². The third kappa shape index (κ3) is 3.15. The molecule has 1 amide bonds. The van der Waals surface area contributed by atoms with E-state index in [0.717, 1.165) is 38.5 Å². The first-order valence-electron chi connectivity index (χ1n) is 8.32. The molecule has 0 spiro atoms. The molecule has 5 nitrogen and oxygen atoms in total. The van der Waals surface area contributed by atoms with Crippen molar-refractivity contribution in [2.45, 2.75) is 38.0 Å². The van der Waals surface area contributed by atoms with E-state index in [1.807, 2.05) is 12.4 Å². The van der Waals surface area contributed by atoms with Crippen LogP contribution in [-0.4, -0.2) is 47.6 Å². The second-order valence-corrected chi connectivity index (χ2v) is 6.88. The summed E-state index contributed by atoms with van der Waals surface area (Å²) in [5.41, 5.74) is 1.27. The maximum Gasteiger partial charge on any atom is 0.225 e. The molecule has 3 unspecified atom stereocenters. The fourth-order valence-corrected chi connectivity index (χ4v) is 3.59. The highest BCUT2D eigenvalue weighted by Gasteiger charge is 2.44. The molecule has 3 aliphatic rings. The van der Waals surface area contributed by atoms with Crippen molar-refractivity contribution >= 4 is 5.91 Å². The molecule has 3 fully saturated rings. The van der Waals surface area contributed by atoms with E-state index in [2.05, 4.69) is 27.3 Å². The van der Waals surface area contributed by atoms with Crippen LogP contribution in [0.3, 0.4) is 0 Å². The monoisotopic (exact) mass is 301 g/mol. The molecule has 118 valence electrons. The van der Waals surface area contributed by atoms with Gasteiger partial charge in [-0.15, -0.1) is 0 Å². The molecule has 2 saturated heterocycles. The number of morpholine rings is 1. The Morgan fingerprint density at radius 1 is 1.32 bits per heavy atom. The maximum absolute atomic E-state index is 12.4. The zero-order valence-electron chi connectivity index (χ0n) is 12.8. The van der Waals surface area contributed by atoms with Gasteiger partial charge in [-0.25, -0.2) is 0 Å². The highest BCUT2D eigenvalue weighted by molar-refractivity contribution is 5.79. The third-order valence-corrected chi connectivity index (χ3v) is 4.99. The van der Waals surface area contributed by atoms with Crippen LogP contribution in [0.15, 0.2) is 24.5 Å². The highest BCUT2D eigenvalue weighted by Crippen LogP contribution is 2.33. The van der Waals surface area contributed by atoms with Gasteiger partial charge in [-0.3, -0.25) is 14.7 Å². The Balaban J connectivity index is 1.34. The van der Waals surface area contributed by atoms with E-state index in [4.69, 9.17) is 4.74 Å². The Morgan fingerprint density at radius 3 is 2.91 bits per heavy atom. The van der Waals surface area contributed by atoms with Gasteiger partial charge in [0.1, 0.15) is 0 Å². The van der Waals surface area contributed by atoms with Gasteiger partial charge in [0.2, 0.25) is 5.91 Å². The minimum atomic E-state index is 0.0335. The molecule has 5 heteroatoms. The number of hydrogen-bond acceptors (Lipinski definition) is 4. The second-order valence-electron chi connectivity index (χ2n) is 6.88. The van der Waals surface area contributed by atoms with Crippen molar-refractivity contribution in [1.29, 1.82) is 0 Å². The molecule has 3 atom stereocenters. The average molecular weight is 301 g/mol. The van der Waals surface area contributed by atoms with E-state index in [9.17, 15) is 4.79 Å². The summed E-state index contributed by atoms with van der Waals surface area (Å²) in [5, 5.41) is 3.12. The third-order valence-electron chi connectivity index (χ3n) is 4.99. The minimum absolute atomic E-state index is 0.0335. The lowest BCUT2D eigenvalue weighted by atomic mass is 9.99. The first-order chi connectivity index (χ1) is 10.8. The predicted molar refractivity (Wildman–Crippen MR) is 82.0 cm³/mol. The minimum Gasteiger partial charge on any atom is -0.371 e. The van der Waals surface area contributed by atoms with E-state index < -0.39 is 0 Å². The molecule has 1 aromatic heterocycles. The summed E-state index contributed by atoms with van der Waals surface area (Å²) < 4.78 is 6.01. The van der Waals surface area contributed by atoms with Gasteiger partial charge < -0.3 is 10.1 Å². The van der Waals surface area contributed by atoms with Crippen LogP contribution in [0.5, 0.6) is 0 Å². The van der Waals surface area contributed by atoms with Gasteiger partial charge in [0.05, 0.1) is 18.1 Å². The zero-order chi connectivity index (χ0) is 14.9. The smallest absolute Gasteiger partial charge is 0.225 e. The fraction of sp³-hybridized carbons (Fsp3) is 0.647. The molecule has 1 saturated carbocycles. The molecular weight excluding hydrogens is 278 g/mol. The van der Waals surface area contributed by atoms with Gasteiger partial charge in [-0.2, -0.15) is 0 Å². The van der Waals surface area contributed by atoms with E-state index in [0.29, 0.717) is 0 Å². The molecule has 3 heterocycles. The number of aromatic nitrogens is 1. The quantitative estimate of drug-likeness (QED) is 0.888. The Hall–Kier alpha value is -1.46. The largest absolute Gasteiger partial charge is 0.371 e. The number of likely N-dealkylation sites (tertiary alicyclic amines) is 1. The van der Waals surface area contributed by atoms with Gasteiger partial charge in [-0.1, -0.05) is 0 Å². The molecule has 2 bridgehead atoms. The molecular formula is C17H23N3O2. The maximum atomic E-state index is 12.4. The van der Waals surface area contributed by atoms with Crippen molar-refractivity contribution in [3.8, 4) is 0 Å². The lowest BCUT2D eigenvalue weighted by Crippen LogP contribution is -2.45. The number of ether oxygens (including phenoxy) is 1. The normalized spacial score (nSPS) is 31.2. The number of nitrogens with zero attached hydrogens (tertiary/aromatic N) is 2. The number of pyridine rings is 1. The standard InChI is InChI=1S/C17H23N3O2/c21-17(19-8-12-1-2-12)15-7-14-10-20(11-16(15)22-14)9-13-3-5-18-6-4-13/h3-6,12,14-16H,1-2,7-11H2,(H,19,21). The topological polar surface area (TPSA) is 54.5 Å². The van der Waals surface area contributed by atoms with Crippen molar-refractivity contribution in [2.24, 2.45) is 11.8 Å². The van der Waals surface area contributed by atoms with Gasteiger partial charge in [0.25, 0.3) is 0 Å². The first kappa shape index (κ1) is 14.2. The number of nitrogens with one attached hydrogen (secondary N) is 1. The highest BCUT2D eigenvalue weighted by atomic mass is 16.5. The van der Waals surface area contributed by atoms with Gasteiger partial charge in [-0.05, 0) is 42.9 Å². The number of fused-ring (bicyclic) bond motifs is 2. The van der Waals surface area contributed by atoms with Gasteiger partial charge in [0, 0.05) is 38.6 Å². The molecule has 0 aromatic carbocycles. The lowest BCUT2D eigenvalue weighted by molar-refractivity contribution is -0.128. The molecule has 4 rings (SSSR count). The van der Waals surface area contributed by atoms with Crippen molar-refractivity contribution in [2.75, 3.05) is 19.6 Å². The van der Waals surface area contributed by atoms with E-state index in [1.54, 1.807) is 0 Å². The number of amides is 1. The van der Waals surface area contributed by atoms with Crippen molar-refractivity contribution < 1.29 is 9.53 Å². The molecule has 1 aliphatic carbocycles. The summed E-state index contributed by atoms with van der Waals surface area (Å²) in [6.45, 7) is 3.54. The summed E-state index contributed by atoms with van der Waals surface area (Å²) in [4.78, 5) is 18.8. The zero-order valence-corrected chi connectivity index (χ0v) is 12.8. The van der Waals surface area contributed by atoms with Crippen LogP contribution in [-0.2, 0) is 16.1 Å². The average Bonchev–Trinajstić information content (AvgIpc) is 3.30. The molecule has 1 aromatic rings. The summed E-state index contributed by atoms with van der Waals surface area (Å²) in [6, 6.07) is 4.11. The van der Waals surface area contributed by atoms with Gasteiger partial charge in [0.15, 0.2) is 0 Å². The second kappa shape index (κ2) is 5.97. The van der Waals surface area contributed by atoms with Crippen LogP contribution in [0, 0.1) is 11.8 Å². The Morgan fingerprint density at radius 2 is 2.14 bits per heavy atom. The number of hydrogen-bond donors (Lipinski definition) is 1. The number of carbonyl (C=O) groups excluding carboxylic acids is 1. The lowest BCUT2D eigenvalue weighted by Gasteiger charge is -2.32. The van der Waals surface area contributed by atoms with Gasteiger partial charge >= 0.3 is 0 Å². The van der Waals surface area contributed by atoms with Crippen LogP contribution >= 0.6 is 0 Å². The van der Waals surface area contributed by atoms with Crippen LogP contribution in [0.2, 0.25) is 0 Å². The number of carbonyl (C=O) groups is 1. The fourth-order valence-electron chi connectivity index (χ4n) is 3.59. The number of rotatable bonds is 5. The Labute approximate surface area is 131 Å². The molecule has 22 heavy (non-hydrogen) atoms. The summed E-state index contributed by atoms with van der Waals surface area (Å²) in [7, 11) is 0. The van der Waals surface area contributed by atoms with Crippen molar-refractivity contribution in [1.82, 2.24) is 15.2 Å². The predicted octanol–water partition coefficient (Wildman–Crippen LogP) is 1.20. The van der Waals surface area contributed by atoms with E-state index >= 15 is 0 Å².